The minimum Gasteiger partial charge on any atom is -0.480 e. The normalized spacial score (nSPS) is 15.4. The predicted octanol–water partition coefficient (Wildman–Crippen LogP) is -1.07. The topological polar surface area (TPSA) is 215 Å². The second kappa shape index (κ2) is 16.1. The number of hydrogen-bond donors (Lipinski definition) is 8. The molecule has 196 valence electrons. The molecule has 0 aromatic carbocycles. The van der Waals surface area contributed by atoms with E-state index >= 15 is 0 Å². The number of amides is 3. The molecule has 34 heavy (non-hydrogen) atoms. The Labute approximate surface area is 206 Å². The molecule has 0 saturated carbocycles. The van der Waals surface area contributed by atoms with Crippen molar-refractivity contribution in [2.45, 2.75) is 77.5 Å². The fourth-order valence-electron chi connectivity index (χ4n) is 3.03. The number of thiol groups is 1. The summed E-state index contributed by atoms with van der Waals surface area (Å²) in [7, 11) is 0. The highest BCUT2D eigenvalue weighted by Crippen LogP contribution is 2.11. The van der Waals surface area contributed by atoms with E-state index in [4.69, 9.17) is 17.2 Å². The summed E-state index contributed by atoms with van der Waals surface area (Å²) < 4.78 is 0. The predicted molar refractivity (Wildman–Crippen MR) is 134 cm³/mol. The van der Waals surface area contributed by atoms with Gasteiger partial charge in [0.05, 0.1) is 6.04 Å². The molecule has 10 N–H and O–H groups in total. The van der Waals surface area contributed by atoms with Gasteiger partial charge in [-0.25, -0.2) is 4.79 Å². The van der Waals surface area contributed by atoms with Crippen LogP contribution in [0.5, 0.6) is 0 Å². The fourth-order valence-corrected chi connectivity index (χ4v) is 3.29. The van der Waals surface area contributed by atoms with Crippen molar-refractivity contribution in [3.8, 4) is 0 Å². The van der Waals surface area contributed by atoms with E-state index in [0.29, 0.717) is 25.8 Å². The number of carbonyl (C=O) groups excluding carboxylic acids is 3. The first-order chi connectivity index (χ1) is 15.8. The van der Waals surface area contributed by atoms with Gasteiger partial charge in [0.1, 0.15) is 18.1 Å². The zero-order chi connectivity index (χ0) is 26.4. The van der Waals surface area contributed by atoms with E-state index in [1.54, 1.807) is 6.92 Å². The van der Waals surface area contributed by atoms with E-state index in [1.807, 2.05) is 20.8 Å². The Morgan fingerprint density at radius 2 is 1.56 bits per heavy atom. The van der Waals surface area contributed by atoms with Crippen LogP contribution >= 0.6 is 12.6 Å². The third-order valence-corrected chi connectivity index (χ3v) is 5.60. The quantitative estimate of drug-likeness (QED) is 0.0560. The molecular formula is C21H41N7O5S. The number of guanidine groups is 1. The van der Waals surface area contributed by atoms with Crippen LogP contribution in [0.15, 0.2) is 4.99 Å². The highest BCUT2D eigenvalue weighted by molar-refractivity contribution is 7.80. The Hall–Kier alpha value is -2.54. The first-order valence-corrected chi connectivity index (χ1v) is 12.0. The number of nitrogens with two attached hydrogens (primary N) is 3. The lowest BCUT2D eigenvalue weighted by Gasteiger charge is -2.28. The molecule has 0 fully saturated rings. The van der Waals surface area contributed by atoms with Gasteiger partial charge in [0.25, 0.3) is 0 Å². The number of carbonyl (C=O) groups is 4. The van der Waals surface area contributed by atoms with Crippen LogP contribution in [0.2, 0.25) is 0 Å². The summed E-state index contributed by atoms with van der Waals surface area (Å²) in [6.07, 6.45) is 1.58. The summed E-state index contributed by atoms with van der Waals surface area (Å²) in [5.41, 5.74) is 16.4. The SMILES string of the molecule is CCC(C)C(NC(=O)C(CS)NC(=O)C(N)CCCN=C(N)N)C(=O)NC(CC(C)C)C(=O)O. The molecule has 0 rings (SSSR count). The van der Waals surface area contributed by atoms with Gasteiger partial charge < -0.3 is 38.3 Å². The summed E-state index contributed by atoms with van der Waals surface area (Å²) in [4.78, 5) is 53.5. The zero-order valence-corrected chi connectivity index (χ0v) is 21.3. The van der Waals surface area contributed by atoms with E-state index in [9.17, 15) is 24.3 Å². The summed E-state index contributed by atoms with van der Waals surface area (Å²) in [6.45, 7) is 7.63. The number of nitrogens with one attached hydrogen (secondary N) is 3. The van der Waals surface area contributed by atoms with Gasteiger partial charge in [0, 0.05) is 12.3 Å². The maximum atomic E-state index is 12.9. The minimum atomic E-state index is -1.15. The molecule has 5 unspecified atom stereocenters. The molecule has 0 saturated heterocycles. The van der Waals surface area contributed by atoms with Crippen molar-refractivity contribution in [2.24, 2.45) is 34.0 Å². The van der Waals surface area contributed by atoms with E-state index < -0.39 is 47.9 Å². The number of nitrogens with zero attached hydrogens (tertiary/aromatic N) is 1. The van der Waals surface area contributed by atoms with Crippen LogP contribution in [-0.4, -0.2) is 71.2 Å². The maximum absolute atomic E-state index is 12.9. The van der Waals surface area contributed by atoms with E-state index in [2.05, 4.69) is 33.6 Å². The molecule has 13 heteroatoms. The molecule has 0 spiro atoms. The zero-order valence-electron chi connectivity index (χ0n) is 20.4. The smallest absolute Gasteiger partial charge is 0.326 e. The van der Waals surface area contributed by atoms with E-state index in [0.717, 1.165) is 0 Å². The standard InChI is InChI=1S/C21H41N7O5S/c1-5-12(4)16(19(31)26-14(20(32)33)9-11(2)3)28-18(30)15(10-34)27-17(29)13(22)7-6-8-25-21(23)24/h11-16,34H,5-10,22H2,1-4H3,(H,26,31)(H,27,29)(H,28,30)(H,32,33)(H4,23,24,25). The molecule has 0 aliphatic rings. The Morgan fingerprint density at radius 3 is 2.03 bits per heavy atom. The lowest BCUT2D eigenvalue weighted by Crippen LogP contribution is -2.59. The second-order valence-electron chi connectivity index (χ2n) is 8.70. The van der Waals surface area contributed by atoms with Crippen molar-refractivity contribution in [1.82, 2.24) is 16.0 Å². The largest absolute Gasteiger partial charge is 0.480 e. The third-order valence-electron chi connectivity index (χ3n) is 5.23. The third kappa shape index (κ3) is 12.1. The van der Waals surface area contributed by atoms with Crippen molar-refractivity contribution in [2.75, 3.05) is 12.3 Å². The van der Waals surface area contributed by atoms with Crippen LogP contribution in [0.25, 0.3) is 0 Å². The molecule has 0 bridgehead atoms. The lowest BCUT2D eigenvalue weighted by atomic mass is 9.96. The molecule has 0 aromatic heterocycles. The monoisotopic (exact) mass is 503 g/mol. The Morgan fingerprint density at radius 1 is 0.971 bits per heavy atom. The van der Waals surface area contributed by atoms with Gasteiger partial charge in [-0.1, -0.05) is 34.1 Å². The lowest BCUT2D eigenvalue weighted by molar-refractivity contribution is -0.143. The Kier molecular flexibility index (Phi) is 14.9. The second-order valence-corrected chi connectivity index (χ2v) is 9.06. The molecule has 0 aliphatic carbocycles. The Balaban J connectivity index is 5.19. The summed E-state index contributed by atoms with van der Waals surface area (Å²) >= 11 is 4.13. The van der Waals surface area contributed by atoms with Crippen LogP contribution in [0.1, 0.15) is 53.4 Å². The van der Waals surface area contributed by atoms with Crippen molar-refractivity contribution in [1.29, 1.82) is 0 Å². The summed E-state index contributed by atoms with van der Waals surface area (Å²) in [5.74, 6) is -3.24. The van der Waals surface area contributed by atoms with Gasteiger partial charge in [-0.3, -0.25) is 19.4 Å². The van der Waals surface area contributed by atoms with Crippen LogP contribution < -0.4 is 33.2 Å². The number of hydrogen-bond acceptors (Lipinski definition) is 7. The van der Waals surface area contributed by atoms with Gasteiger partial charge >= 0.3 is 5.97 Å². The van der Waals surface area contributed by atoms with Crippen LogP contribution in [0.4, 0.5) is 0 Å². The van der Waals surface area contributed by atoms with Crippen molar-refractivity contribution < 1.29 is 24.3 Å². The van der Waals surface area contributed by atoms with Gasteiger partial charge in [-0.05, 0) is 31.1 Å². The molecular weight excluding hydrogens is 462 g/mol. The first-order valence-electron chi connectivity index (χ1n) is 11.4. The number of aliphatic imine (C=N–C) groups is 1. The summed E-state index contributed by atoms with van der Waals surface area (Å²) in [6, 6.07) is -3.98. The van der Waals surface area contributed by atoms with Crippen LogP contribution in [0, 0.1) is 11.8 Å². The van der Waals surface area contributed by atoms with E-state index in [1.165, 1.54) is 0 Å². The molecule has 0 radical (unpaired) electrons. The van der Waals surface area contributed by atoms with E-state index in [-0.39, 0.29) is 30.0 Å². The highest BCUT2D eigenvalue weighted by atomic mass is 32.1. The van der Waals surface area contributed by atoms with Crippen molar-refractivity contribution >= 4 is 42.3 Å². The minimum absolute atomic E-state index is 0.0295. The van der Waals surface area contributed by atoms with Gasteiger partial charge in [-0.15, -0.1) is 0 Å². The van der Waals surface area contributed by atoms with Gasteiger partial charge in [-0.2, -0.15) is 12.6 Å². The molecule has 12 nitrogen and oxygen atoms in total. The van der Waals surface area contributed by atoms with Gasteiger partial charge in [0.15, 0.2) is 5.96 Å². The first kappa shape index (κ1) is 31.5. The van der Waals surface area contributed by atoms with Crippen LogP contribution in [0.3, 0.4) is 0 Å². The van der Waals surface area contributed by atoms with Gasteiger partial charge in [0.2, 0.25) is 17.7 Å². The number of carboxylic acid groups (broad SMARTS) is 1. The number of rotatable bonds is 16. The molecule has 3 amide bonds. The average molecular weight is 504 g/mol. The molecule has 0 aromatic rings. The maximum Gasteiger partial charge on any atom is 0.326 e. The number of carboxylic acids is 1. The highest BCUT2D eigenvalue weighted by Gasteiger charge is 2.32. The fraction of sp³-hybridized carbons (Fsp3) is 0.762. The summed E-state index contributed by atoms with van der Waals surface area (Å²) in [5, 5.41) is 17.1. The number of aliphatic carboxylic acids is 1. The molecule has 0 heterocycles. The molecule has 5 atom stereocenters. The average Bonchev–Trinajstić information content (AvgIpc) is 2.76. The van der Waals surface area contributed by atoms with Crippen LogP contribution in [-0.2, 0) is 19.2 Å². The Bertz CT molecular complexity index is 716. The van der Waals surface area contributed by atoms with Crippen molar-refractivity contribution in [3.05, 3.63) is 0 Å². The van der Waals surface area contributed by atoms with Crippen molar-refractivity contribution in [3.63, 3.8) is 0 Å². The molecule has 0 aliphatic heterocycles.